The van der Waals surface area contributed by atoms with Gasteiger partial charge in [0.2, 0.25) is 5.91 Å². The summed E-state index contributed by atoms with van der Waals surface area (Å²) in [6.45, 7) is 7.49. The molecule has 1 aliphatic rings. The molecule has 2 N–H and O–H groups in total. The molecule has 0 spiro atoms. The molecule has 0 heterocycles. The van der Waals surface area contributed by atoms with E-state index >= 15 is 0 Å². The van der Waals surface area contributed by atoms with Crippen molar-refractivity contribution in [3.05, 3.63) is 29.8 Å². The van der Waals surface area contributed by atoms with Crippen molar-refractivity contribution in [2.45, 2.75) is 52.5 Å². The number of hydrogen-bond donors (Lipinski definition) is 2. The molecule has 1 atom stereocenters. The molecule has 0 radical (unpaired) electrons. The van der Waals surface area contributed by atoms with Gasteiger partial charge in [0.1, 0.15) is 0 Å². The van der Waals surface area contributed by atoms with E-state index in [1.54, 1.807) is 0 Å². The van der Waals surface area contributed by atoms with E-state index in [1.165, 1.54) is 18.4 Å². The lowest BCUT2D eigenvalue weighted by Gasteiger charge is -2.25. The van der Waals surface area contributed by atoms with Gasteiger partial charge in [0.05, 0.1) is 0 Å². The quantitative estimate of drug-likeness (QED) is 0.855. The first kappa shape index (κ1) is 16.0. The number of amides is 1. The number of benzene rings is 1. The van der Waals surface area contributed by atoms with Crippen LogP contribution in [0.1, 0.15) is 58.1 Å². The van der Waals surface area contributed by atoms with Crippen LogP contribution >= 0.6 is 0 Å². The van der Waals surface area contributed by atoms with E-state index in [0.717, 1.165) is 31.0 Å². The first-order valence-corrected chi connectivity index (χ1v) is 8.24. The standard InChI is InChI=1S/C18H28N2O/c1-4-19-14(3)15-9-11-17(12-10-15)20-18(21)16-7-5-13(2)6-8-16/h9-14,16,19H,4-8H2,1-3H3,(H,20,21). The SMILES string of the molecule is CCNC(C)c1ccc(NC(=O)C2CCC(C)CC2)cc1. The number of anilines is 1. The minimum absolute atomic E-state index is 0.189. The highest BCUT2D eigenvalue weighted by atomic mass is 16.1. The van der Waals surface area contributed by atoms with Crippen LogP contribution < -0.4 is 10.6 Å². The number of rotatable bonds is 5. The highest BCUT2D eigenvalue weighted by Gasteiger charge is 2.24. The van der Waals surface area contributed by atoms with E-state index in [1.807, 2.05) is 12.1 Å². The summed E-state index contributed by atoms with van der Waals surface area (Å²) in [6.07, 6.45) is 4.42. The molecule has 1 fully saturated rings. The molecule has 21 heavy (non-hydrogen) atoms. The Hall–Kier alpha value is -1.35. The molecule has 0 saturated heterocycles. The van der Waals surface area contributed by atoms with Gasteiger partial charge >= 0.3 is 0 Å². The van der Waals surface area contributed by atoms with E-state index in [2.05, 4.69) is 43.5 Å². The molecule has 3 nitrogen and oxygen atoms in total. The van der Waals surface area contributed by atoms with Crippen LogP contribution in [0.15, 0.2) is 24.3 Å². The van der Waals surface area contributed by atoms with Crippen LogP contribution in [0.5, 0.6) is 0 Å². The molecule has 2 rings (SSSR count). The lowest BCUT2D eigenvalue weighted by atomic mass is 9.82. The van der Waals surface area contributed by atoms with E-state index in [-0.39, 0.29) is 11.8 Å². The van der Waals surface area contributed by atoms with Gasteiger partial charge in [0, 0.05) is 17.6 Å². The van der Waals surface area contributed by atoms with Crippen molar-refractivity contribution >= 4 is 11.6 Å². The molecule has 1 amide bonds. The Morgan fingerprint density at radius 2 is 1.81 bits per heavy atom. The zero-order chi connectivity index (χ0) is 15.2. The maximum Gasteiger partial charge on any atom is 0.227 e. The monoisotopic (exact) mass is 288 g/mol. The second-order valence-electron chi connectivity index (χ2n) is 6.35. The predicted octanol–water partition coefficient (Wildman–Crippen LogP) is 4.12. The lowest BCUT2D eigenvalue weighted by molar-refractivity contribution is -0.121. The Morgan fingerprint density at radius 3 is 2.38 bits per heavy atom. The first-order chi connectivity index (χ1) is 10.1. The maximum atomic E-state index is 12.3. The minimum atomic E-state index is 0.189. The lowest BCUT2D eigenvalue weighted by Crippen LogP contribution is -2.26. The normalized spacial score (nSPS) is 23.6. The summed E-state index contributed by atoms with van der Waals surface area (Å²) < 4.78 is 0. The van der Waals surface area contributed by atoms with E-state index in [4.69, 9.17) is 0 Å². The fraction of sp³-hybridized carbons (Fsp3) is 0.611. The second-order valence-corrected chi connectivity index (χ2v) is 6.35. The molecule has 1 unspecified atom stereocenters. The van der Waals surface area contributed by atoms with Gasteiger partial charge in [-0.2, -0.15) is 0 Å². The molecule has 0 aliphatic heterocycles. The minimum Gasteiger partial charge on any atom is -0.326 e. The first-order valence-electron chi connectivity index (χ1n) is 8.24. The van der Waals surface area contributed by atoms with E-state index in [9.17, 15) is 4.79 Å². The molecular weight excluding hydrogens is 260 g/mol. The third kappa shape index (κ3) is 4.57. The number of carbonyl (C=O) groups is 1. The summed E-state index contributed by atoms with van der Waals surface area (Å²) >= 11 is 0. The average molecular weight is 288 g/mol. The number of nitrogens with one attached hydrogen (secondary N) is 2. The Morgan fingerprint density at radius 1 is 1.19 bits per heavy atom. The van der Waals surface area contributed by atoms with Gasteiger partial charge in [0.25, 0.3) is 0 Å². The Labute approximate surface area is 128 Å². The molecule has 0 bridgehead atoms. The largest absolute Gasteiger partial charge is 0.326 e. The smallest absolute Gasteiger partial charge is 0.227 e. The van der Waals surface area contributed by atoms with Crippen LogP contribution in [0.3, 0.4) is 0 Å². The number of hydrogen-bond acceptors (Lipinski definition) is 2. The van der Waals surface area contributed by atoms with Crippen LogP contribution in [0.4, 0.5) is 5.69 Å². The molecular formula is C18H28N2O. The summed E-state index contributed by atoms with van der Waals surface area (Å²) in [7, 11) is 0. The van der Waals surface area contributed by atoms with Crippen LogP contribution in [-0.2, 0) is 4.79 Å². The maximum absolute atomic E-state index is 12.3. The summed E-state index contributed by atoms with van der Waals surface area (Å²) in [5.74, 6) is 1.16. The molecule has 1 aliphatic carbocycles. The van der Waals surface area contributed by atoms with Gasteiger partial charge in [-0.1, -0.05) is 26.0 Å². The van der Waals surface area contributed by atoms with Gasteiger partial charge in [-0.15, -0.1) is 0 Å². The fourth-order valence-electron chi connectivity index (χ4n) is 3.05. The summed E-state index contributed by atoms with van der Waals surface area (Å²) in [4.78, 5) is 12.3. The van der Waals surface area contributed by atoms with E-state index in [0.29, 0.717) is 6.04 Å². The van der Waals surface area contributed by atoms with Crippen molar-refractivity contribution in [1.29, 1.82) is 0 Å². The van der Waals surface area contributed by atoms with Crippen molar-refractivity contribution in [3.63, 3.8) is 0 Å². The van der Waals surface area contributed by atoms with Gasteiger partial charge in [0.15, 0.2) is 0 Å². The van der Waals surface area contributed by atoms with Crippen molar-refractivity contribution in [2.75, 3.05) is 11.9 Å². The summed E-state index contributed by atoms with van der Waals surface area (Å²) in [5.41, 5.74) is 2.16. The highest BCUT2D eigenvalue weighted by molar-refractivity contribution is 5.92. The summed E-state index contributed by atoms with van der Waals surface area (Å²) in [5, 5.41) is 6.46. The van der Waals surface area contributed by atoms with E-state index < -0.39 is 0 Å². The van der Waals surface area contributed by atoms with Crippen LogP contribution in [0, 0.1) is 11.8 Å². The average Bonchev–Trinajstić information content (AvgIpc) is 2.49. The third-order valence-electron chi connectivity index (χ3n) is 4.58. The second kappa shape index (κ2) is 7.60. The predicted molar refractivity (Wildman–Crippen MR) is 88.3 cm³/mol. The zero-order valence-corrected chi connectivity index (χ0v) is 13.5. The highest BCUT2D eigenvalue weighted by Crippen LogP contribution is 2.29. The van der Waals surface area contributed by atoms with Crippen LogP contribution in [0.2, 0.25) is 0 Å². The summed E-state index contributed by atoms with van der Waals surface area (Å²) in [6, 6.07) is 8.54. The molecule has 1 aromatic rings. The van der Waals surface area contributed by atoms with Crippen molar-refractivity contribution in [2.24, 2.45) is 11.8 Å². The number of carbonyl (C=O) groups excluding carboxylic acids is 1. The third-order valence-corrected chi connectivity index (χ3v) is 4.58. The van der Waals surface area contributed by atoms with Gasteiger partial charge in [-0.05, 0) is 62.8 Å². The van der Waals surface area contributed by atoms with Crippen LogP contribution in [0.25, 0.3) is 0 Å². The fourth-order valence-corrected chi connectivity index (χ4v) is 3.05. The van der Waals surface area contributed by atoms with Crippen LogP contribution in [-0.4, -0.2) is 12.5 Å². The Bertz CT molecular complexity index is 447. The molecule has 0 aromatic heterocycles. The molecule has 3 heteroatoms. The van der Waals surface area contributed by atoms with Gasteiger partial charge in [-0.3, -0.25) is 4.79 Å². The molecule has 1 aromatic carbocycles. The topological polar surface area (TPSA) is 41.1 Å². The van der Waals surface area contributed by atoms with Crippen molar-refractivity contribution in [1.82, 2.24) is 5.32 Å². The van der Waals surface area contributed by atoms with Crippen molar-refractivity contribution < 1.29 is 4.79 Å². The molecule has 1 saturated carbocycles. The van der Waals surface area contributed by atoms with Gasteiger partial charge < -0.3 is 10.6 Å². The molecule has 116 valence electrons. The van der Waals surface area contributed by atoms with Gasteiger partial charge in [-0.25, -0.2) is 0 Å². The zero-order valence-electron chi connectivity index (χ0n) is 13.5. The van der Waals surface area contributed by atoms with Crippen molar-refractivity contribution in [3.8, 4) is 0 Å². The Kier molecular flexibility index (Phi) is 5.80. The Balaban J connectivity index is 1.89.